The number of rotatable bonds is 4. The summed E-state index contributed by atoms with van der Waals surface area (Å²) in [4.78, 5) is 6.17. The second-order valence-corrected chi connectivity index (χ2v) is 3.48. The zero-order valence-electron chi connectivity index (χ0n) is 8.27. The van der Waals surface area contributed by atoms with Gasteiger partial charge in [-0.1, -0.05) is 6.07 Å². The summed E-state index contributed by atoms with van der Waals surface area (Å²) in [5.74, 6) is 0. The van der Waals surface area contributed by atoms with Crippen LogP contribution in [-0.2, 0) is 0 Å². The number of nitrogens with zero attached hydrogens (tertiary/aromatic N) is 2. The Bertz CT molecular complexity index is 233. The molecule has 1 aromatic heterocycles. The molecule has 3 heteroatoms. The first-order valence-electron chi connectivity index (χ1n) is 4.50. The highest BCUT2D eigenvalue weighted by Crippen LogP contribution is 2.11. The predicted molar refractivity (Wildman–Crippen MR) is 54.3 cm³/mol. The average molecular weight is 179 g/mol. The lowest BCUT2D eigenvalue weighted by atomic mass is 10.1. The van der Waals surface area contributed by atoms with Crippen molar-refractivity contribution >= 4 is 0 Å². The summed E-state index contributed by atoms with van der Waals surface area (Å²) < 4.78 is 0. The highest BCUT2D eigenvalue weighted by molar-refractivity contribution is 5.12. The normalized spacial score (nSPS) is 13.2. The van der Waals surface area contributed by atoms with Crippen LogP contribution in [0.2, 0.25) is 0 Å². The van der Waals surface area contributed by atoms with E-state index in [1.165, 1.54) is 0 Å². The largest absolute Gasteiger partial charge is 0.324 e. The molecule has 1 heterocycles. The molecule has 0 fully saturated rings. The Labute approximate surface area is 79.6 Å². The minimum absolute atomic E-state index is 0.107. The quantitative estimate of drug-likeness (QED) is 0.750. The predicted octanol–water partition coefficient (Wildman–Crippen LogP) is 1.03. The van der Waals surface area contributed by atoms with Crippen LogP contribution in [0, 0.1) is 0 Å². The molecule has 0 bridgehead atoms. The minimum Gasteiger partial charge on any atom is -0.324 e. The van der Waals surface area contributed by atoms with Gasteiger partial charge in [-0.05, 0) is 38.7 Å². The van der Waals surface area contributed by atoms with Gasteiger partial charge in [-0.15, -0.1) is 0 Å². The van der Waals surface area contributed by atoms with Crippen LogP contribution in [0.4, 0.5) is 0 Å². The van der Waals surface area contributed by atoms with Crippen LogP contribution < -0.4 is 5.73 Å². The van der Waals surface area contributed by atoms with Gasteiger partial charge in [0.25, 0.3) is 0 Å². The second kappa shape index (κ2) is 4.94. The Kier molecular flexibility index (Phi) is 3.86. The van der Waals surface area contributed by atoms with Gasteiger partial charge in [-0.25, -0.2) is 0 Å². The third kappa shape index (κ3) is 3.53. The van der Waals surface area contributed by atoms with Gasteiger partial charge in [0.05, 0.1) is 0 Å². The Morgan fingerprint density at radius 1 is 1.54 bits per heavy atom. The molecule has 0 aliphatic rings. The van der Waals surface area contributed by atoms with Crippen LogP contribution in [0.15, 0.2) is 24.5 Å². The fourth-order valence-corrected chi connectivity index (χ4v) is 1.16. The molecule has 2 N–H and O–H groups in total. The third-order valence-electron chi connectivity index (χ3n) is 2.00. The standard InChI is InChI=1S/C10H17N3/c1-13(2)7-5-10(11)9-4-3-6-12-8-9/h3-4,6,8,10H,5,7,11H2,1-2H3/t10-/m1/s1. The Balaban J connectivity index is 2.44. The summed E-state index contributed by atoms with van der Waals surface area (Å²) >= 11 is 0. The zero-order valence-corrected chi connectivity index (χ0v) is 8.27. The van der Waals surface area contributed by atoms with Crippen LogP contribution >= 0.6 is 0 Å². The molecule has 0 amide bonds. The van der Waals surface area contributed by atoms with Gasteiger partial charge in [0.1, 0.15) is 0 Å². The fraction of sp³-hybridized carbons (Fsp3) is 0.500. The maximum atomic E-state index is 5.98. The van der Waals surface area contributed by atoms with Crippen molar-refractivity contribution in [2.45, 2.75) is 12.5 Å². The summed E-state index contributed by atoms with van der Waals surface area (Å²) in [5.41, 5.74) is 7.09. The van der Waals surface area contributed by atoms with Crippen molar-refractivity contribution in [3.8, 4) is 0 Å². The van der Waals surface area contributed by atoms with E-state index in [9.17, 15) is 0 Å². The SMILES string of the molecule is CN(C)CC[C@@H](N)c1cccnc1. The summed E-state index contributed by atoms with van der Waals surface area (Å²) in [5, 5.41) is 0. The summed E-state index contributed by atoms with van der Waals surface area (Å²) in [7, 11) is 4.10. The van der Waals surface area contributed by atoms with Crippen molar-refractivity contribution in [3.63, 3.8) is 0 Å². The molecular formula is C10H17N3. The fourth-order valence-electron chi connectivity index (χ4n) is 1.16. The van der Waals surface area contributed by atoms with E-state index in [0.29, 0.717) is 0 Å². The van der Waals surface area contributed by atoms with Crippen molar-refractivity contribution < 1.29 is 0 Å². The van der Waals surface area contributed by atoms with Crippen LogP contribution in [0.5, 0.6) is 0 Å². The highest BCUT2D eigenvalue weighted by atomic mass is 15.0. The molecule has 72 valence electrons. The van der Waals surface area contributed by atoms with Gasteiger partial charge in [0, 0.05) is 18.4 Å². The average Bonchev–Trinajstić information content (AvgIpc) is 2.15. The molecule has 3 nitrogen and oxygen atoms in total. The Morgan fingerprint density at radius 3 is 2.85 bits per heavy atom. The van der Waals surface area contributed by atoms with E-state index in [2.05, 4.69) is 24.0 Å². The number of hydrogen-bond acceptors (Lipinski definition) is 3. The molecule has 0 aliphatic carbocycles. The van der Waals surface area contributed by atoms with Gasteiger partial charge in [-0.3, -0.25) is 4.98 Å². The van der Waals surface area contributed by atoms with E-state index < -0.39 is 0 Å². The smallest absolute Gasteiger partial charge is 0.0322 e. The van der Waals surface area contributed by atoms with Gasteiger partial charge in [0.15, 0.2) is 0 Å². The highest BCUT2D eigenvalue weighted by Gasteiger charge is 2.05. The molecule has 1 rings (SSSR count). The number of pyridine rings is 1. The molecule has 0 unspecified atom stereocenters. The van der Waals surface area contributed by atoms with E-state index in [0.717, 1.165) is 18.5 Å². The zero-order chi connectivity index (χ0) is 9.68. The van der Waals surface area contributed by atoms with Crippen LogP contribution in [-0.4, -0.2) is 30.5 Å². The third-order valence-corrected chi connectivity index (χ3v) is 2.00. The maximum absolute atomic E-state index is 5.98. The van der Waals surface area contributed by atoms with Crippen molar-refractivity contribution in [1.29, 1.82) is 0 Å². The second-order valence-electron chi connectivity index (χ2n) is 3.48. The molecule has 0 saturated carbocycles. The number of aromatic nitrogens is 1. The molecule has 13 heavy (non-hydrogen) atoms. The van der Waals surface area contributed by atoms with Crippen molar-refractivity contribution in [3.05, 3.63) is 30.1 Å². The van der Waals surface area contributed by atoms with Crippen molar-refractivity contribution in [1.82, 2.24) is 9.88 Å². The summed E-state index contributed by atoms with van der Waals surface area (Å²) in [6.07, 6.45) is 4.57. The van der Waals surface area contributed by atoms with E-state index in [1.807, 2.05) is 18.3 Å². The first-order chi connectivity index (χ1) is 6.20. The van der Waals surface area contributed by atoms with Crippen molar-refractivity contribution in [2.75, 3.05) is 20.6 Å². The van der Waals surface area contributed by atoms with Gasteiger partial charge in [-0.2, -0.15) is 0 Å². The number of nitrogens with two attached hydrogens (primary N) is 1. The minimum atomic E-state index is 0.107. The molecular weight excluding hydrogens is 162 g/mol. The van der Waals surface area contributed by atoms with E-state index in [4.69, 9.17) is 5.73 Å². The van der Waals surface area contributed by atoms with Gasteiger partial charge < -0.3 is 10.6 Å². The monoisotopic (exact) mass is 179 g/mol. The lowest BCUT2D eigenvalue weighted by molar-refractivity contribution is 0.382. The van der Waals surface area contributed by atoms with Crippen molar-refractivity contribution in [2.24, 2.45) is 5.73 Å². The molecule has 1 aromatic rings. The van der Waals surface area contributed by atoms with Crippen LogP contribution in [0.1, 0.15) is 18.0 Å². The van der Waals surface area contributed by atoms with Gasteiger partial charge >= 0.3 is 0 Å². The lowest BCUT2D eigenvalue weighted by Crippen LogP contribution is -2.20. The summed E-state index contributed by atoms with van der Waals surface area (Å²) in [6, 6.07) is 4.05. The molecule has 0 spiro atoms. The van der Waals surface area contributed by atoms with E-state index >= 15 is 0 Å². The van der Waals surface area contributed by atoms with E-state index in [1.54, 1.807) is 6.20 Å². The Hall–Kier alpha value is -0.930. The van der Waals surface area contributed by atoms with E-state index in [-0.39, 0.29) is 6.04 Å². The Morgan fingerprint density at radius 2 is 2.31 bits per heavy atom. The first-order valence-corrected chi connectivity index (χ1v) is 4.50. The molecule has 0 aliphatic heterocycles. The first kappa shape index (κ1) is 10.2. The number of hydrogen-bond donors (Lipinski definition) is 1. The molecule has 1 atom stereocenters. The molecule has 0 saturated heterocycles. The lowest BCUT2D eigenvalue weighted by Gasteiger charge is -2.14. The molecule has 0 radical (unpaired) electrons. The topological polar surface area (TPSA) is 42.1 Å². The van der Waals surface area contributed by atoms with Crippen LogP contribution in [0.3, 0.4) is 0 Å². The van der Waals surface area contributed by atoms with Crippen LogP contribution in [0.25, 0.3) is 0 Å². The maximum Gasteiger partial charge on any atom is 0.0322 e. The molecule has 0 aromatic carbocycles. The van der Waals surface area contributed by atoms with Gasteiger partial charge in [0.2, 0.25) is 0 Å². The summed E-state index contributed by atoms with van der Waals surface area (Å²) in [6.45, 7) is 1.01.